The summed E-state index contributed by atoms with van der Waals surface area (Å²) in [6.07, 6.45) is -0.174. The van der Waals surface area contributed by atoms with Gasteiger partial charge in [-0.05, 0) is 18.7 Å². The van der Waals surface area contributed by atoms with Crippen LogP contribution in [0.3, 0.4) is 0 Å². The van der Waals surface area contributed by atoms with Crippen LogP contribution < -0.4 is 4.89 Å². The van der Waals surface area contributed by atoms with Crippen molar-refractivity contribution in [3.05, 3.63) is 0 Å². The van der Waals surface area contributed by atoms with Crippen LogP contribution in [0.2, 0.25) is 0 Å². The number of rotatable bonds is 2. The van der Waals surface area contributed by atoms with Gasteiger partial charge in [-0.25, -0.2) is 0 Å². The number of nitrogens with zero attached hydrogens (tertiary/aromatic N) is 1. The molecule has 1 unspecified atom stereocenters. The first-order valence-corrected chi connectivity index (χ1v) is 8.69. The van der Waals surface area contributed by atoms with Crippen LogP contribution in [0.25, 0.3) is 0 Å². The molecule has 0 saturated heterocycles. The van der Waals surface area contributed by atoms with Crippen molar-refractivity contribution in [2.24, 2.45) is 0 Å². The normalized spacial score (nSPS) is 11.3. The summed E-state index contributed by atoms with van der Waals surface area (Å²) in [5.41, 5.74) is 0. The second kappa shape index (κ2) is 12.3. The highest BCUT2D eigenvalue weighted by Gasteiger charge is 2.12. The molecule has 13 heteroatoms. The molecule has 0 amide bonds. The third-order valence-electron chi connectivity index (χ3n) is 0.467. The van der Waals surface area contributed by atoms with Gasteiger partial charge >= 0.3 is 23.4 Å². The third kappa shape index (κ3) is 136. The molecule has 1 atom stereocenters. The summed E-state index contributed by atoms with van der Waals surface area (Å²) in [5, 5.41) is 0. The summed E-state index contributed by atoms with van der Waals surface area (Å²) in [4.78, 5) is 48.8. The van der Waals surface area contributed by atoms with Crippen LogP contribution in [0.4, 0.5) is 0 Å². The smallest absolute Gasteiger partial charge is 0.485 e. The molecule has 0 aromatic rings. The summed E-state index contributed by atoms with van der Waals surface area (Å²) in [6.45, 7) is 0.854. The molecule has 0 aromatic heterocycles. The van der Waals surface area contributed by atoms with E-state index in [0.29, 0.717) is 0 Å². The standard InChI is InChI=1S/C3H10NO3P.CH5O3P.CH4.HO3P/c1-4(2)3-8(5,6)7;1-5(2,3)4;;1-4(2)3/h3H2,1-2H3,(H2,5,6,7);1H3,(H2,2,3,4);1H4;(H,1,2,3). The molecule has 0 fully saturated rings. The maximum atomic E-state index is 10.1. The van der Waals surface area contributed by atoms with Crippen molar-refractivity contribution < 1.29 is 43.1 Å². The molecule has 18 heavy (non-hydrogen) atoms. The first kappa shape index (κ1) is 26.8. The Morgan fingerprint density at radius 3 is 1.33 bits per heavy atom. The highest BCUT2D eigenvalue weighted by atomic mass is 31.2. The summed E-state index contributed by atoms with van der Waals surface area (Å²) < 4.78 is 28.0. The van der Waals surface area contributed by atoms with E-state index in [1.54, 1.807) is 14.1 Å². The van der Waals surface area contributed by atoms with E-state index >= 15 is 0 Å². The Morgan fingerprint density at radius 2 is 1.33 bits per heavy atom. The van der Waals surface area contributed by atoms with Gasteiger partial charge in [-0.3, -0.25) is 14.0 Å². The monoisotopic (exact) mass is 331 g/mol. The molecule has 0 aliphatic carbocycles. The molecule has 0 aromatic carbocycles. The Balaban J connectivity index is -0.0000000855. The van der Waals surface area contributed by atoms with E-state index in [-0.39, 0.29) is 13.7 Å². The van der Waals surface area contributed by atoms with Gasteiger partial charge in [-0.2, -0.15) is 4.89 Å². The summed E-state index contributed by atoms with van der Waals surface area (Å²) >= 11 is 0. The zero-order valence-electron chi connectivity index (χ0n) is 9.37. The lowest BCUT2D eigenvalue weighted by Gasteiger charge is -2.09. The van der Waals surface area contributed by atoms with Crippen molar-refractivity contribution in [1.82, 2.24) is 4.90 Å². The molecule has 5 N–H and O–H groups in total. The van der Waals surface area contributed by atoms with Crippen molar-refractivity contribution in [1.29, 1.82) is 0 Å². The van der Waals surface area contributed by atoms with Crippen LogP contribution in [0.5, 0.6) is 0 Å². The van der Waals surface area contributed by atoms with Crippen LogP contribution in [0.15, 0.2) is 0 Å². The van der Waals surface area contributed by atoms with Crippen molar-refractivity contribution in [2.75, 3.05) is 27.0 Å². The number of hydrogen-bond donors (Lipinski definition) is 5. The molecular formula is C5H20NO9P3. The lowest BCUT2D eigenvalue weighted by molar-refractivity contribution is -0.180. The van der Waals surface area contributed by atoms with E-state index in [4.69, 9.17) is 33.9 Å². The lowest BCUT2D eigenvalue weighted by atomic mass is 11.0. The van der Waals surface area contributed by atoms with Gasteiger partial charge in [0.05, 0.1) is 0 Å². The molecule has 0 bridgehead atoms. The van der Waals surface area contributed by atoms with Gasteiger partial charge in [0, 0.05) is 6.66 Å². The van der Waals surface area contributed by atoms with Crippen LogP contribution in [0.1, 0.15) is 7.43 Å². The first-order chi connectivity index (χ1) is 7.15. The molecule has 0 aliphatic heterocycles. The largest absolute Gasteiger partial charge is 0.567 e. The Morgan fingerprint density at radius 1 is 1.17 bits per heavy atom. The van der Waals surface area contributed by atoms with Crippen LogP contribution in [0, 0.1) is 0 Å². The van der Waals surface area contributed by atoms with Crippen molar-refractivity contribution in [3.8, 4) is 0 Å². The minimum atomic E-state index is -3.80. The average molecular weight is 331 g/mol. The van der Waals surface area contributed by atoms with Gasteiger partial charge in [-0.15, -0.1) is 0 Å². The van der Waals surface area contributed by atoms with Gasteiger partial charge in [0.15, 0.2) is 0 Å². The van der Waals surface area contributed by atoms with Crippen molar-refractivity contribution in [3.63, 3.8) is 0 Å². The predicted molar refractivity (Wildman–Crippen MR) is 65.1 cm³/mol. The topological polar surface area (TPSA) is 179 Å². The quantitative estimate of drug-likeness (QED) is 0.398. The second-order valence-electron chi connectivity index (χ2n) is 2.96. The van der Waals surface area contributed by atoms with E-state index in [9.17, 15) is 9.13 Å². The molecule has 10 nitrogen and oxygen atoms in total. The van der Waals surface area contributed by atoms with Gasteiger partial charge < -0.3 is 24.5 Å². The highest BCUT2D eigenvalue weighted by molar-refractivity contribution is 7.51. The molecular weight excluding hydrogens is 311 g/mol. The minimum Gasteiger partial charge on any atom is -0.567 e. The maximum absolute atomic E-state index is 10.1. The fourth-order valence-electron chi connectivity index (χ4n) is 0.368. The third-order valence-corrected chi connectivity index (χ3v) is 1.40. The van der Waals surface area contributed by atoms with E-state index in [2.05, 4.69) is 0 Å². The highest BCUT2D eigenvalue weighted by Crippen LogP contribution is 2.33. The zero-order chi connectivity index (χ0) is 14.9. The van der Waals surface area contributed by atoms with Crippen LogP contribution in [-0.4, -0.2) is 56.4 Å². The Hall–Kier alpha value is 0.280. The van der Waals surface area contributed by atoms with Crippen molar-refractivity contribution >= 4 is 23.4 Å². The molecule has 0 radical (unpaired) electrons. The Kier molecular flexibility index (Phi) is 18.3. The molecule has 0 heterocycles. The number of hydrogen-bond acceptors (Lipinski definition) is 5. The fraction of sp³-hybridized carbons (Fsp3) is 1.00. The second-order valence-corrected chi connectivity index (χ2v) is 6.72. The predicted octanol–water partition coefficient (Wildman–Crippen LogP) is -0.890. The van der Waals surface area contributed by atoms with E-state index < -0.39 is 23.4 Å². The van der Waals surface area contributed by atoms with Gasteiger partial charge in [0.1, 0.15) is 6.29 Å². The molecule has 0 saturated carbocycles. The maximum Gasteiger partial charge on any atom is 0.485 e. The Bertz CT molecular complexity index is 282. The zero-order valence-corrected chi connectivity index (χ0v) is 12.0. The Labute approximate surface area is 107 Å². The summed E-state index contributed by atoms with van der Waals surface area (Å²) in [5.74, 6) is 0. The van der Waals surface area contributed by atoms with E-state index in [0.717, 1.165) is 6.66 Å². The minimum absolute atomic E-state index is 0. The first-order valence-electron chi connectivity index (χ1n) is 3.70. The molecule has 0 rings (SSSR count). The molecule has 0 spiro atoms. The van der Waals surface area contributed by atoms with Gasteiger partial charge in [0.25, 0.3) is 0 Å². The van der Waals surface area contributed by atoms with Gasteiger partial charge in [0.2, 0.25) is 0 Å². The van der Waals surface area contributed by atoms with Crippen LogP contribution >= 0.6 is 23.4 Å². The fourth-order valence-corrected chi connectivity index (χ4v) is 1.11. The van der Waals surface area contributed by atoms with Crippen LogP contribution in [-0.2, 0) is 13.7 Å². The van der Waals surface area contributed by atoms with E-state index in [1.807, 2.05) is 0 Å². The summed E-state index contributed by atoms with van der Waals surface area (Å²) in [6, 6.07) is 0. The summed E-state index contributed by atoms with van der Waals surface area (Å²) in [7, 11) is -7.33. The van der Waals surface area contributed by atoms with Crippen molar-refractivity contribution in [2.45, 2.75) is 7.43 Å². The molecule has 0 aliphatic rings. The molecule has 114 valence electrons. The average Bonchev–Trinajstić information content (AvgIpc) is 1.71. The van der Waals surface area contributed by atoms with Gasteiger partial charge in [-0.1, -0.05) is 7.43 Å². The van der Waals surface area contributed by atoms with E-state index in [1.165, 1.54) is 4.90 Å². The lowest BCUT2D eigenvalue weighted by Crippen LogP contribution is -2.12. The SMILES string of the molecule is C.CN(C)CP(=O)(O)O.CP(=O)(O)O.O=[P+]([O-])O.